The van der Waals surface area contributed by atoms with Crippen molar-refractivity contribution < 1.29 is 4.79 Å². The molecule has 0 fully saturated rings. The third kappa shape index (κ3) is 2.95. The monoisotopic (exact) mass is 394 g/mol. The molecule has 5 heteroatoms. The lowest BCUT2D eigenvalue weighted by molar-refractivity contribution is 0.102. The average Bonchev–Trinajstić information content (AvgIpc) is 3.33. The van der Waals surface area contributed by atoms with E-state index in [-0.39, 0.29) is 5.91 Å². The fourth-order valence-corrected chi connectivity index (χ4v) is 4.11. The van der Waals surface area contributed by atoms with Crippen LogP contribution in [0.3, 0.4) is 0 Å². The number of hydrogen-bond acceptors (Lipinski definition) is 2. The van der Waals surface area contributed by atoms with Gasteiger partial charge in [0.05, 0.1) is 23.0 Å². The molecule has 0 aliphatic carbocycles. The number of hydrogen-bond donors (Lipinski definition) is 2. The van der Waals surface area contributed by atoms with E-state index >= 15 is 0 Å². The molecule has 30 heavy (non-hydrogen) atoms. The lowest BCUT2D eigenvalue weighted by Crippen LogP contribution is -2.12. The predicted octanol–water partition coefficient (Wildman–Crippen LogP) is 5.77. The zero-order valence-electron chi connectivity index (χ0n) is 16.9. The number of benzene rings is 3. The highest BCUT2D eigenvalue weighted by atomic mass is 16.1. The summed E-state index contributed by atoms with van der Waals surface area (Å²) in [6.45, 7) is 4.95. The minimum absolute atomic E-state index is 0.135. The van der Waals surface area contributed by atoms with Crippen molar-refractivity contribution in [3.8, 4) is 11.3 Å². The number of amides is 1. The van der Waals surface area contributed by atoms with Gasteiger partial charge in [-0.1, -0.05) is 42.5 Å². The van der Waals surface area contributed by atoms with Crippen LogP contribution < -0.4 is 5.32 Å². The first kappa shape index (κ1) is 18.2. The molecular weight excluding hydrogens is 372 g/mol. The molecule has 5 aromatic rings. The summed E-state index contributed by atoms with van der Waals surface area (Å²) in [4.78, 5) is 21.0. The van der Waals surface area contributed by atoms with Gasteiger partial charge in [0, 0.05) is 34.1 Å². The largest absolute Gasteiger partial charge is 0.354 e. The van der Waals surface area contributed by atoms with Gasteiger partial charge in [0.2, 0.25) is 0 Å². The molecule has 3 aromatic carbocycles. The van der Waals surface area contributed by atoms with Crippen LogP contribution in [0.25, 0.3) is 33.1 Å². The molecule has 0 unspecified atom stereocenters. The summed E-state index contributed by atoms with van der Waals surface area (Å²) in [5, 5.41) is 5.23. The number of aryl methyl sites for hydroxylation is 1. The van der Waals surface area contributed by atoms with Gasteiger partial charge in [-0.05, 0) is 38.1 Å². The number of fused-ring (bicyclic) bond motifs is 3. The normalized spacial score (nSPS) is 11.3. The van der Waals surface area contributed by atoms with E-state index in [0.29, 0.717) is 5.56 Å². The van der Waals surface area contributed by atoms with Crippen molar-refractivity contribution in [2.45, 2.75) is 20.4 Å². The summed E-state index contributed by atoms with van der Waals surface area (Å²) < 4.78 is 2.16. The van der Waals surface area contributed by atoms with Gasteiger partial charge in [-0.15, -0.1) is 0 Å². The maximum absolute atomic E-state index is 13.1. The molecule has 0 saturated carbocycles. The molecule has 0 aliphatic rings. The molecule has 5 rings (SSSR count). The van der Waals surface area contributed by atoms with Crippen molar-refractivity contribution >= 4 is 33.4 Å². The summed E-state index contributed by atoms with van der Waals surface area (Å²) in [7, 11) is 0. The van der Waals surface area contributed by atoms with Crippen LogP contribution >= 0.6 is 0 Å². The van der Waals surface area contributed by atoms with E-state index in [1.54, 1.807) is 0 Å². The Labute approximate surface area is 174 Å². The molecule has 2 N–H and O–H groups in total. The summed E-state index contributed by atoms with van der Waals surface area (Å²) >= 11 is 0. The lowest BCUT2D eigenvalue weighted by atomic mass is 10.1. The number of rotatable bonds is 4. The zero-order chi connectivity index (χ0) is 20.7. The van der Waals surface area contributed by atoms with Crippen LogP contribution in [-0.2, 0) is 6.54 Å². The van der Waals surface area contributed by atoms with Gasteiger partial charge in [0.15, 0.2) is 0 Å². The Bertz CT molecular complexity index is 1390. The van der Waals surface area contributed by atoms with Crippen molar-refractivity contribution in [1.82, 2.24) is 14.5 Å². The van der Waals surface area contributed by atoms with Crippen molar-refractivity contribution in [1.29, 1.82) is 0 Å². The standard InChI is InChI=1S/C25H22N4O/c1-3-29-16(2)26-15-23(29)17-8-6-9-18(14-17)27-25(30)21-12-7-11-20-19-10-4-5-13-22(19)28-24(20)21/h4-15,28H,3H2,1-2H3,(H,27,30). The van der Waals surface area contributed by atoms with E-state index in [1.807, 2.05) is 73.8 Å². The molecule has 0 bridgehead atoms. The third-order valence-electron chi connectivity index (χ3n) is 5.57. The van der Waals surface area contributed by atoms with E-state index < -0.39 is 0 Å². The Morgan fingerprint density at radius 3 is 2.70 bits per heavy atom. The highest BCUT2D eigenvalue weighted by Gasteiger charge is 2.15. The van der Waals surface area contributed by atoms with Crippen LogP contribution in [0.4, 0.5) is 5.69 Å². The van der Waals surface area contributed by atoms with Crippen molar-refractivity contribution in [3.63, 3.8) is 0 Å². The summed E-state index contributed by atoms with van der Waals surface area (Å²) in [6.07, 6.45) is 1.88. The molecule has 0 spiro atoms. The van der Waals surface area contributed by atoms with Crippen molar-refractivity contribution in [2.75, 3.05) is 5.32 Å². The number of nitrogens with zero attached hydrogens (tertiary/aromatic N) is 2. The first-order valence-corrected chi connectivity index (χ1v) is 10.1. The molecule has 5 nitrogen and oxygen atoms in total. The number of carbonyl (C=O) groups excluding carboxylic acids is 1. The maximum Gasteiger partial charge on any atom is 0.257 e. The topological polar surface area (TPSA) is 62.7 Å². The number of aromatic amines is 1. The summed E-state index contributed by atoms with van der Waals surface area (Å²) in [5.74, 6) is 0.844. The van der Waals surface area contributed by atoms with Crippen LogP contribution in [-0.4, -0.2) is 20.4 Å². The van der Waals surface area contributed by atoms with Crippen LogP contribution in [0.2, 0.25) is 0 Å². The third-order valence-corrected chi connectivity index (χ3v) is 5.57. The summed E-state index contributed by atoms with van der Waals surface area (Å²) in [5.41, 5.74) is 5.34. The highest BCUT2D eigenvalue weighted by molar-refractivity contribution is 6.17. The second kappa shape index (κ2) is 7.19. The minimum atomic E-state index is -0.135. The summed E-state index contributed by atoms with van der Waals surface area (Å²) in [6, 6.07) is 21.8. The Balaban J connectivity index is 1.50. The number of aromatic nitrogens is 3. The Kier molecular flexibility index (Phi) is 4.36. The van der Waals surface area contributed by atoms with Crippen molar-refractivity contribution in [3.05, 3.63) is 84.3 Å². The number of para-hydroxylation sites is 2. The van der Waals surface area contributed by atoms with Crippen LogP contribution in [0.1, 0.15) is 23.1 Å². The number of nitrogens with one attached hydrogen (secondary N) is 2. The maximum atomic E-state index is 13.1. The number of imidazole rings is 1. The molecule has 2 aromatic heterocycles. The fraction of sp³-hybridized carbons (Fsp3) is 0.120. The number of anilines is 1. The van der Waals surface area contributed by atoms with Crippen LogP contribution in [0.15, 0.2) is 72.9 Å². The fourth-order valence-electron chi connectivity index (χ4n) is 4.11. The molecular formula is C25H22N4O. The van der Waals surface area contributed by atoms with E-state index in [2.05, 4.69) is 32.8 Å². The van der Waals surface area contributed by atoms with Crippen LogP contribution in [0, 0.1) is 6.92 Å². The lowest BCUT2D eigenvalue weighted by Gasteiger charge is -2.10. The smallest absolute Gasteiger partial charge is 0.257 e. The highest BCUT2D eigenvalue weighted by Crippen LogP contribution is 2.29. The first-order chi connectivity index (χ1) is 14.7. The van der Waals surface area contributed by atoms with Gasteiger partial charge >= 0.3 is 0 Å². The van der Waals surface area contributed by atoms with Gasteiger partial charge in [0.1, 0.15) is 5.82 Å². The van der Waals surface area contributed by atoms with E-state index in [4.69, 9.17) is 0 Å². The van der Waals surface area contributed by atoms with Gasteiger partial charge in [-0.3, -0.25) is 4.79 Å². The molecule has 1 amide bonds. The Hall–Kier alpha value is -3.86. The SMILES string of the molecule is CCn1c(-c2cccc(NC(=O)c3cccc4c3[nH]c3ccccc34)c2)cnc1C. The van der Waals surface area contributed by atoms with E-state index in [1.165, 1.54) is 0 Å². The molecule has 0 saturated heterocycles. The first-order valence-electron chi connectivity index (χ1n) is 10.1. The van der Waals surface area contributed by atoms with Crippen LogP contribution in [0.5, 0.6) is 0 Å². The molecule has 2 heterocycles. The Morgan fingerprint density at radius 2 is 1.83 bits per heavy atom. The molecule has 0 aliphatic heterocycles. The quantitative estimate of drug-likeness (QED) is 0.407. The molecule has 0 radical (unpaired) electrons. The number of carbonyl (C=O) groups is 1. The second-order valence-corrected chi connectivity index (χ2v) is 7.37. The zero-order valence-corrected chi connectivity index (χ0v) is 16.9. The second-order valence-electron chi connectivity index (χ2n) is 7.37. The van der Waals surface area contributed by atoms with Gasteiger partial charge in [-0.25, -0.2) is 4.98 Å². The van der Waals surface area contributed by atoms with Gasteiger partial charge in [0.25, 0.3) is 5.91 Å². The Morgan fingerprint density at radius 1 is 1.03 bits per heavy atom. The average molecular weight is 394 g/mol. The minimum Gasteiger partial charge on any atom is -0.354 e. The van der Waals surface area contributed by atoms with Crippen molar-refractivity contribution in [2.24, 2.45) is 0 Å². The van der Waals surface area contributed by atoms with E-state index in [0.717, 1.165) is 51.1 Å². The molecule has 148 valence electrons. The predicted molar refractivity (Wildman–Crippen MR) is 122 cm³/mol. The van der Waals surface area contributed by atoms with Gasteiger partial charge < -0.3 is 14.9 Å². The van der Waals surface area contributed by atoms with Gasteiger partial charge in [-0.2, -0.15) is 0 Å². The number of H-pyrrole nitrogens is 1. The van der Waals surface area contributed by atoms with E-state index in [9.17, 15) is 4.79 Å². The molecule has 0 atom stereocenters.